The van der Waals surface area contributed by atoms with Gasteiger partial charge in [-0.2, -0.15) is 0 Å². The Morgan fingerprint density at radius 1 is 1.13 bits per heavy atom. The molecule has 0 saturated carbocycles. The molecule has 0 aliphatic carbocycles. The average molecular weight is 417 g/mol. The molecule has 164 valence electrons. The van der Waals surface area contributed by atoms with Gasteiger partial charge in [0, 0.05) is 19.0 Å². The molecule has 0 radical (unpaired) electrons. The van der Waals surface area contributed by atoms with Crippen LogP contribution >= 0.6 is 0 Å². The second kappa shape index (κ2) is 10.7. The number of hydrogen-bond acceptors (Lipinski definition) is 6. The van der Waals surface area contributed by atoms with Gasteiger partial charge in [0.15, 0.2) is 11.5 Å². The molecule has 2 N–H and O–H groups in total. The highest BCUT2D eigenvalue weighted by atomic mass is 16.5. The SMILES string of the molecule is CNC.COc1ccc(CC2c3c(cc(OC)c(OC)c3O)CCN2C(C)=O)cc1. The Bertz CT molecular complexity index is 852. The second-order valence-corrected chi connectivity index (χ2v) is 7.06. The van der Waals surface area contributed by atoms with Crippen LogP contribution in [0.25, 0.3) is 0 Å². The van der Waals surface area contributed by atoms with Crippen molar-refractivity contribution in [3.63, 3.8) is 0 Å². The number of ether oxygens (including phenoxy) is 3. The van der Waals surface area contributed by atoms with Crippen molar-refractivity contribution < 1.29 is 24.1 Å². The summed E-state index contributed by atoms with van der Waals surface area (Å²) in [6.07, 6.45) is 1.24. The van der Waals surface area contributed by atoms with E-state index in [4.69, 9.17) is 14.2 Å². The summed E-state index contributed by atoms with van der Waals surface area (Å²) < 4.78 is 15.9. The fourth-order valence-corrected chi connectivity index (χ4v) is 3.75. The normalized spacial score (nSPS) is 14.9. The molecule has 7 nitrogen and oxygen atoms in total. The summed E-state index contributed by atoms with van der Waals surface area (Å²) in [4.78, 5) is 14.1. The number of nitrogens with zero attached hydrogens (tertiary/aromatic N) is 1. The smallest absolute Gasteiger partial charge is 0.219 e. The lowest BCUT2D eigenvalue weighted by Gasteiger charge is -2.38. The van der Waals surface area contributed by atoms with E-state index >= 15 is 0 Å². The zero-order valence-corrected chi connectivity index (χ0v) is 18.6. The van der Waals surface area contributed by atoms with Crippen molar-refractivity contribution in [1.82, 2.24) is 10.2 Å². The van der Waals surface area contributed by atoms with Crippen LogP contribution in [-0.2, 0) is 17.6 Å². The first kappa shape index (κ1) is 23.3. The standard InChI is InChI=1S/C21H25NO5.C2H7N/c1-13(23)22-10-9-15-12-18(26-3)21(27-4)20(24)19(15)17(22)11-14-5-7-16(25-2)8-6-14;1-3-2/h5-8,12,17,24H,9-11H2,1-4H3;3H,1-2H3. The van der Waals surface area contributed by atoms with E-state index in [2.05, 4.69) is 5.32 Å². The lowest BCUT2D eigenvalue weighted by atomic mass is 9.87. The number of hydrogen-bond donors (Lipinski definition) is 2. The molecule has 3 rings (SSSR count). The first-order chi connectivity index (χ1) is 14.4. The predicted molar refractivity (Wildman–Crippen MR) is 117 cm³/mol. The zero-order chi connectivity index (χ0) is 22.3. The summed E-state index contributed by atoms with van der Waals surface area (Å²) in [5.41, 5.74) is 2.75. The van der Waals surface area contributed by atoms with Crippen LogP contribution in [0, 0.1) is 0 Å². The van der Waals surface area contributed by atoms with E-state index in [0.29, 0.717) is 30.9 Å². The van der Waals surface area contributed by atoms with Crippen molar-refractivity contribution in [1.29, 1.82) is 0 Å². The highest BCUT2D eigenvalue weighted by molar-refractivity contribution is 5.75. The third kappa shape index (κ3) is 4.97. The van der Waals surface area contributed by atoms with Crippen LogP contribution in [0.2, 0.25) is 0 Å². The Morgan fingerprint density at radius 2 is 1.77 bits per heavy atom. The van der Waals surface area contributed by atoms with Crippen LogP contribution in [0.3, 0.4) is 0 Å². The minimum Gasteiger partial charge on any atom is -0.504 e. The molecule has 1 unspecified atom stereocenters. The molecule has 2 aromatic rings. The van der Waals surface area contributed by atoms with Crippen LogP contribution in [-0.4, -0.2) is 57.9 Å². The highest BCUT2D eigenvalue weighted by Crippen LogP contribution is 2.47. The van der Waals surface area contributed by atoms with Crippen molar-refractivity contribution in [3.05, 3.63) is 47.0 Å². The number of nitrogens with one attached hydrogen (secondary N) is 1. The molecule has 0 saturated heterocycles. The third-order valence-electron chi connectivity index (χ3n) is 5.09. The van der Waals surface area contributed by atoms with Crippen molar-refractivity contribution in [3.8, 4) is 23.0 Å². The second-order valence-electron chi connectivity index (χ2n) is 7.06. The number of carbonyl (C=O) groups excluding carboxylic acids is 1. The molecule has 1 amide bonds. The van der Waals surface area contributed by atoms with Crippen molar-refractivity contribution >= 4 is 5.91 Å². The van der Waals surface area contributed by atoms with Gasteiger partial charge in [-0.05, 0) is 56.3 Å². The number of phenols is 1. The molecule has 7 heteroatoms. The number of fused-ring (bicyclic) bond motifs is 1. The molecular formula is C23H32N2O5. The number of benzene rings is 2. The summed E-state index contributed by atoms with van der Waals surface area (Å²) >= 11 is 0. The van der Waals surface area contributed by atoms with Crippen molar-refractivity contribution in [2.24, 2.45) is 0 Å². The van der Waals surface area contributed by atoms with Gasteiger partial charge >= 0.3 is 0 Å². The van der Waals surface area contributed by atoms with Gasteiger partial charge in [0.25, 0.3) is 0 Å². The van der Waals surface area contributed by atoms with Gasteiger partial charge in [0.05, 0.1) is 27.4 Å². The van der Waals surface area contributed by atoms with Crippen LogP contribution in [0.5, 0.6) is 23.0 Å². The molecular weight excluding hydrogens is 384 g/mol. The van der Waals surface area contributed by atoms with Gasteiger partial charge in [-0.1, -0.05) is 12.1 Å². The maximum absolute atomic E-state index is 12.3. The van der Waals surface area contributed by atoms with E-state index in [1.807, 2.05) is 44.4 Å². The van der Waals surface area contributed by atoms with Crippen molar-refractivity contribution in [2.45, 2.75) is 25.8 Å². The Labute approximate surface area is 178 Å². The molecule has 1 heterocycles. The molecule has 1 aliphatic heterocycles. The number of carbonyl (C=O) groups is 1. The Kier molecular flexibility index (Phi) is 8.35. The maximum Gasteiger partial charge on any atom is 0.219 e. The number of amides is 1. The minimum absolute atomic E-state index is 0.0200. The third-order valence-corrected chi connectivity index (χ3v) is 5.09. The summed E-state index contributed by atoms with van der Waals surface area (Å²) in [5.74, 6) is 1.58. The topological polar surface area (TPSA) is 80.3 Å². The summed E-state index contributed by atoms with van der Waals surface area (Å²) in [6.45, 7) is 2.15. The van der Waals surface area contributed by atoms with Crippen molar-refractivity contribution in [2.75, 3.05) is 42.0 Å². The number of rotatable bonds is 5. The molecule has 1 aliphatic rings. The number of aromatic hydroxyl groups is 1. The largest absolute Gasteiger partial charge is 0.504 e. The van der Waals surface area contributed by atoms with Crippen LogP contribution in [0.1, 0.15) is 29.7 Å². The van der Waals surface area contributed by atoms with Gasteiger partial charge in [-0.15, -0.1) is 0 Å². The Morgan fingerprint density at radius 3 is 2.27 bits per heavy atom. The van der Waals surface area contributed by atoms with E-state index < -0.39 is 0 Å². The quantitative estimate of drug-likeness (QED) is 0.780. The first-order valence-electron chi connectivity index (χ1n) is 9.87. The fraction of sp³-hybridized carbons (Fsp3) is 0.435. The molecule has 30 heavy (non-hydrogen) atoms. The van der Waals surface area contributed by atoms with Crippen LogP contribution in [0.4, 0.5) is 0 Å². The Balaban J connectivity index is 0.00000101. The molecule has 0 aromatic heterocycles. The van der Waals surface area contributed by atoms with E-state index in [1.165, 1.54) is 7.11 Å². The summed E-state index contributed by atoms with van der Waals surface area (Å²) in [6, 6.07) is 9.36. The lowest BCUT2D eigenvalue weighted by Crippen LogP contribution is -2.39. The zero-order valence-electron chi connectivity index (χ0n) is 18.6. The van der Waals surface area contributed by atoms with Crippen LogP contribution < -0.4 is 19.5 Å². The van der Waals surface area contributed by atoms with Gasteiger partial charge in [-0.3, -0.25) is 4.79 Å². The van der Waals surface area contributed by atoms with E-state index in [-0.39, 0.29) is 17.7 Å². The minimum atomic E-state index is -0.278. The lowest BCUT2D eigenvalue weighted by molar-refractivity contribution is -0.131. The number of phenolic OH excluding ortho intramolecular Hbond substituents is 1. The predicted octanol–water partition coefficient (Wildman–Crippen LogP) is 2.94. The summed E-state index contributed by atoms with van der Waals surface area (Å²) in [7, 11) is 8.42. The number of methoxy groups -OCH3 is 3. The fourth-order valence-electron chi connectivity index (χ4n) is 3.75. The molecule has 0 fully saturated rings. The Hall–Kier alpha value is -2.93. The average Bonchev–Trinajstić information content (AvgIpc) is 2.74. The van der Waals surface area contributed by atoms with E-state index in [1.54, 1.807) is 26.0 Å². The molecule has 0 bridgehead atoms. The first-order valence-corrected chi connectivity index (χ1v) is 9.87. The van der Waals surface area contributed by atoms with Gasteiger partial charge in [-0.25, -0.2) is 0 Å². The van der Waals surface area contributed by atoms with Crippen LogP contribution in [0.15, 0.2) is 30.3 Å². The van der Waals surface area contributed by atoms with Gasteiger partial charge in [0.1, 0.15) is 5.75 Å². The maximum atomic E-state index is 12.3. The van der Waals surface area contributed by atoms with Gasteiger partial charge in [0.2, 0.25) is 11.7 Å². The monoisotopic (exact) mass is 416 g/mol. The van der Waals surface area contributed by atoms with E-state index in [0.717, 1.165) is 22.4 Å². The van der Waals surface area contributed by atoms with Gasteiger partial charge < -0.3 is 29.5 Å². The molecule has 1 atom stereocenters. The van der Waals surface area contributed by atoms with E-state index in [9.17, 15) is 9.90 Å². The highest BCUT2D eigenvalue weighted by Gasteiger charge is 2.34. The summed E-state index contributed by atoms with van der Waals surface area (Å²) in [5, 5.41) is 13.7. The molecule has 2 aromatic carbocycles. The molecule has 0 spiro atoms.